The van der Waals surface area contributed by atoms with Crippen molar-refractivity contribution < 1.29 is 13.2 Å². The molecule has 0 unspecified atom stereocenters. The first-order valence-electron chi connectivity index (χ1n) is 8.75. The van der Waals surface area contributed by atoms with Crippen LogP contribution in [0.3, 0.4) is 0 Å². The molecular weight excluding hydrogens is 354 g/mol. The second-order valence-corrected chi connectivity index (χ2v) is 8.65. The predicted octanol–water partition coefficient (Wildman–Crippen LogP) is 1.34. The first kappa shape index (κ1) is 20.6. The largest absolute Gasteiger partial charge is 0.383 e. The summed E-state index contributed by atoms with van der Waals surface area (Å²) in [6.07, 6.45) is 2.54. The lowest BCUT2D eigenvalue weighted by molar-refractivity contribution is 0.182. The third-order valence-corrected chi connectivity index (χ3v) is 6.18. The molecule has 0 fully saturated rings. The minimum atomic E-state index is -3.37. The van der Waals surface area contributed by atoms with Crippen LogP contribution in [0.25, 0.3) is 0 Å². The van der Waals surface area contributed by atoms with E-state index in [0.717, 1.165) is 30.0 Å². The number of imidazole rings is 1. The minimum absolute atomic E-state index is 0.0331. The number of nitrogens with one attached hydrogen (secondary N) is 1. The quantitative estimate of drug-likeness (QED) is 0.665. The van der Waals surface area contributed by atoms with Crippen LogP contribution in [0.2, 0.25) is 0 Å². The fraction of sp³-hybridized carbons (Fsp3) is 0.647. The number of aromatic amines is 1. The van der Waals surface area contributed by atoms with E-state index in [2.05, 4.69) is 20.1 Å². The van der Waals surface area contributed by atoms with E-state index in [-0.39, 0.29) is 10.9 Å². The van der Waals surface area contributed by atoms with Crippen molar-refractivity contribution >= 4 is 9.84 Å². The maximum atomic E-state index is 12.3. The number of nitrogens with zero attached hydrogens (tertiary/aromatic N) is 4. The molecule has 2 rings (SSSR count). The van der Waals surface area contributed by atoms with E-state index < -0.39 is 9.84 Å². The molecule has 26 heavy (non-hydrogen) atoms. The summed E-state index contributed by atoms with van der Waals surface area (Å²) in [6, 6.07) is 0. The van der Waals surface area contributed by atoms with Crippen molar-refractivity contribution in [3.8, 4) is 0 Å². The van der Waals surface area contributed by atoms with Gasteiger partial charge in [-0.2, -0.15) is 5.10 Å². The third kappa shape index (κ3) is 4.72. The van der Waals surface area contributed by atoms with Crippen molar-refractivity contribution in [3.63, 3.8) is 0 Å². The van der Waals surface area contributed by atoms with Crippen LogP contribution in [0, 0.1) is 13.8 Å². The average molecular weight is 384 g/mol. The molecule has 0 saturated carbocycles. The second kappa shape index (κ2) is 8.79. The van der Waals surface area contributed by atoms with E-state index in [1.54, 1.807) is 24.8 Å². The summed E-state index contributed by atoms with van der Waals surface area (Å²) in [4.78, 5) is 6.34. The Kier molecular flexibility index (Phi) is 6.96. The number of aryl methyl sites for hydroxylation is 2. The summed E-state index contributed by atoms with van der Waals surface area (Å²) in [7, 11) is 0.256. The molecule has 0 saturated heterocycles. The van der Waals surface area contributed by atoms with Gasteiger partial charge in [0.1, 0.15) is 0 Å². The Morgan fingerprint density at radius 1 is 1.35 bits per heavy atom. The molecule has 0 bridgehead atoms. The first-order chi connectivity index (χ1) is 12.3. The number of sulfone groups is 1. The van der Waals surface area contributed by atoms with Crippen LogP contribution in [-0.2, 0) is 34.1 Å². The Morgan fingerprint density at radius 3 is 2.65 bits per heavy atom. The van der Waals surface area contributed by atoms with E-state index in [1.807, 2.05) is 20.9 Å². The highest BCUT2D eigenvalue weighted by molar-refractivity contribution is 7.91. The Morgan fingerprint density at radius 2 is 2.08 bits per heavy atom. The lowest BCUT2D eigenvalue weighted by Gasteiger charge is -2.18. The van der Waals surface area contributed by atoms with E-state index >= 15 is 0 Å². The number of H-pyrrole nitrogens is 1. The van der Waals surface area contributed by atoms with Crippen LogP contribution in [0.5, 0.6) is 0 Å². The number of aromatic nitrogens is 4. The maximum Gasteiger partial charge on any atom is 0.227 e. The Balaban J connectivity index is 2.12. The van der Waals surface area contributed by atoms with Crippen LogP contribution in [-0.4, -0.2) is 66.1 Å². The second-order valence-electron chi connectivity index (χ2n) is 6.48. The average Bonchev–Trinajstić information content (AvgIpc) is 3.15. The van der Waals surface area contributed by atoms with Gasteiger partial charge >= 0.3 is 0 Å². The fourth-order valence-corrected chi connectivity index (χ4v) is 3.93. The SMILES string of the molecule is CCS(=O)(=O)c1ncc(CN(C)CCc2c(C)n[nH]c2C)n1CCOC. The molecule has 0 aliphatic carbocycles. The van der Waals surface area contributed by atoms with Gasteiger partial charge in [-0.15, -0.1) is 0 Å². The number of methoxy groups -OCH3 is 1. The number of rotatable bonds is 10. The molecule has 9 heteroatoms. The molecule has 8 nitrogen and oxygen atoms in total. The van der Waals surface area contributed by atoms with Crippen molar-refractivity contribution in [1.82, 2.24) is 24.6 Å². The van der Waals surface area contributed by atoms with Gasteiger partial charge in [-0.05, 0) is 32.9 Å². The highest BCUT2D eigenvalue weighted by Crippen LogP contribution is 2.16. The molecule has 0 aliphatic heterocycles. The summed E-state index contributed by atoms with van der Waals surface area (Å²) in [5.41, 5.74) is 4.23. The van der Waals surface area contributed by atoms with Crippen LogP contribution in [0.15, 0.2) is 11.4 Å². The molecule has 2 heterocycles. The van der Waals surface area contributed by atoms with Gasteiger partial charge < -0.3 is 14.2 Å². The lowest BCUT2D eigenvalue weighted by Crippen LogP contribution is -2.24. The van der Waals surface area contributed by atoms with Gasteiger partial charge in [-0.3, -0.25) is 5.10 Å². The summed E-state index contributed by atoms with van der Waals surface area (Å²) in [6.45, 7) is 8.02. The summed E-state index contributed by atoms with van der Waals surface area (Å²) < 4.78 is 31.5. The number of likely N-dealkylation sites (N-methyl/N-ethyl adjacent to an activating group) is 1. The Hall–Kier alpha value is -1.71. The van der Waals surface area contributed by atoms with E-state index in [0.29, 0.717) is 19.7 Å². The zero-order chi connectivity index (χ0) is 19.3. The van der Waals surface area contributed by atoms with Crippen LogP contribution < -0.4 is 0 Å². The van der Waals surface area contributed by atoms with Crippen molar-refractivity contribution in [2.45, 2.75) is 45.4 Å². The fourth-order valence-electron chi connectivity index (χ4n) is 2.92. The smallest absolute Gasteiger partial charge is 0.227 e. The molecule has 2 aromatic rings. The highest BCUT2D eigenvalue weighted by Gasteiger charge is 2.22. The molecule has 146 valence electrons. The molecule has 2 aromatic heterocycles. The van der Waals surface area contributed by atoms with E-state index in [1.165, 1.54) is 5.56 Å². The maximum absolute atomic E-state index is 12.3. The van der Waals surface area contributed by atoms with Crippen molar-refractivity contribution in [1.29, 1.82) is 0 Å². The van der Waals surface area contributed by atoms with Gasteiger partial charge in [0.25, 0.3) is 0 Å². The standard InChI is InChI=1S/C17H29N5O3S/c1-6-26(23,24)17-18-11-15(22(17)9-10-25-5)12-21(4)8-7-16-13(2)19-20-14(16)3/h11H,6-10,12H2,1-5H3,(H,19,20). The van der Waals surface area contributed by atoms with Crippen molar-refractivity contribution in [2.75, 3.05) is 33.1 Å². The predicted molar refractivity (Wildman–Crippen MR) is 99.9 cm³/mol. The summed E-state index contributed by atoms with van der Waals surface area (Å²) >= 11 is 0. The third-order valence-electron chi connectivity index (χ3n) is 4.53. The van der Waals surface area contributed by atoms with Crippen molar-refractivity contribution in [2.24, 2.45) is 0 Å². The Labute approximate surface area is 155 Å². The van der Waals surface area contributed by atoms with Gasteiger partial charge in [0.15, 0.2) is 0 Å². The minimum Gasteiger partial charge on any atom is -0.383 e. The van der Waals surface area contributed by atoms with Gasteiger partial charge in [-0.25, -0.2) is 13.4 Å². The molecular formula is C17H29N5O3S. The molecule has 0 radical (unpaired) electrons. The molecule has 1 N–H and O–H groups in total. The van der Waals surface area contributed by atoms with Crippen LogP contribution in [0.4, 0.5) is 0 Å². The van der Waals surface area contributed by atoms with E-state index in [4.69, 9.17) is 4.74 Å². The van der Waals surface area contributed by atoms with Gasteiger partial charge in [-0.1, -0.05) is 6.92 Å². The molecule has 0 aliphatic rings. The van der Waals surface area contributed by atoms with Crippen molar-refractivity contribution in [3.05, 3.63) is 28.8 Å². The van der Waals surface area contributed by atoms with Gasteiger partial charge in [0.05, 0.1) is 29.9 Å². The Bertz CT molecular complexity index is 806. The van der Waals surface area contributed by atoms with Crippen LogP contribution >= 0.6 is 0 Å². The summed E-state index contributed by atoms with van der Waals surface area (Å²) in [5.74, 6) is 0.0331. The molecule has 0 aromatic carbocycles. The number of hydrogen-bond acceptors (Lipinski definition) is 6. The van der Waals surface area contributed by atoms with Gasteiger partial charge in [0.2, 0.25) is 15.0 Å². The molecule has 0 atom stereocenters. The monoisotopic (exact) mass is 383 g/mol. The topological polar surface area (TPSA) is 93.1 Å². The number of hydrogen-bond donors (Lipinski definition) is 1. The molecule has 0 amide bonds. The van der Waals surface area contributed by atoms with E-state index in [9.17, 15) is 8.42 Å². The first-order valence-corrected chi connectivity index (χ1v) is 10.4. The zero-order valence-electron chi connectivity index (χ0n) is 16.2. The normalized spacial score (nSPS) is 12.2. The number of ether oxygens (including phenoxy) is 1. The highest BCUT2D eigenvalue weighted by atomic mass is 32.2. The van der Waals surface area contributed by atoms with Crippen LogP contribution in [0.1, 0.15) is 29.6 Å². The summed E-state index contributed by atoms with van der Waals surface area (Å²) in [5, 5.41) is 7.36. The zero-order valence-corrected chi connectivity index (χ0v) is 17.1. The van der Waals surface area contributed by atoms with Gasteiger partial charge in [0, 0.05) is 32.4 Å². The lowest BCUT2D eigenvalue weighted by atomic mass is 10.1. The molecule has 0 spiro atoms.